The summed E-state index contributed by atoms with van der Waals surface area (Å²) in [6, 6.07) is 0.0652. The van der Waals surface area contributed by atoms with Crippen LogP contribution >= 0.6 is 11.3 Å². The number of thiazole rings is 1. The van der Waals surface area contributed by atoms with Crippen LogP contribution in [0.1, 0.15) is 50.4 Å². The number of rotatable bonds is 4. The maximum atomic E-state index is 5.85. The largest absolute Gasteiger partial charge is 0.322 e. The molecule has 18 heavy (non-hydrogen) atoms. The number of hydrogen-bond acceptors (Lipinski definition) is 4. The Hall–Kier alpha value is -0.450. The molecule has 2 N–H and O–H groups in total. The predicted molar refractivity (Wildman–Crippen MR) is 77.6 cm³/mol. The molecule has 1 fully saturated rings. The van der Waals surface area contributed by atoms with Crippen LogP contribution in [0.15, 0.2) is 5.38 Å². The summed E-state index contributed by atoms with van der Waals surface area (Å²) in [6.07, 6.45) is 2.67. The maximum absolute atomic E-state index is 5.85. The summed E-state index contributed by atoms with van der Waals surface area (Å²) in [6.45, 7) is 10.1. The van der Waals surface area contributed by atoms with Gasteiger partial charge in [0.1, 0.15) is 5.01 Å². The number of likely N-dealkylation sites (tertiary alicyclic amines) is 1. The van der Waals surface area contributed by atoms with E-state index in [9.17, 15) is 0 Å². The van der Waals surface area contributed by atoms with Gasteiger partial charge in [0, 0.05) is 11.9 Å². The Balaban J connectivity index is 1.84. The molecule has 0 aromatic carbocycles. The highest BCUT2D eigenvalue weighted by atomic mass is 32.1. The standard InChI is InChI=1S/C14H25N3S/c1-10(2)12-4-6-17(7-5-12)8-13-9-18-14(16-13)11(3)15/h9-12H,4-8,15H2,1-3H3. The fourth-order valence-electron chi connectivity index (χ4n) is 2.61. The Bertz CT molecular complexity index is 365. The lowest BCUT2D eigenvalue weighted by Gasteiger charge is -2.33. The van der Waals surface area contributed by atoms with Crippen molar-refractivity contribution in [2.75, 3.05) is 13.1 Å². The van der Waals surface area contributed by atoms with E-state index in [1.165, 1.54) is 31.6 Å². The Morgan fingerprint density at radius 1 is 1.39 bits per heavy atom. The zero-order chi connectivity index (χ0) is 13.1. The van der Waals surface area contributed by atoms with Gasteiger partial charge in [0.05, 0.1) is 11.7 Å². The average Bonchev–Trinajstić information content (AvgIpc) is 2.78. The van der Waals surface area contributed by atoms with Crippen molar-refractivity contribution in [3.8, 4) is 0 Å². The molecule has 0 radical (unpaired) electrons. The van der Waals surface area contributed by atoms with Gasteiger partial charge in [-0.25, -0.2) is 4.98 Å². The van der Waals surface area contributed by atoms with Crippen LogP contribution < -0.4 is 5.73 Å². The van der Waals surface area contributed by atoms with Crippen LogP contribution in [0.5, 0.6) is 0 Å². The normalized spacial score (nSPS) is 20.5. The SMILES string of the molecule is CC(N)c1nc(CN2CCC(C(C)C)CC2)cs1. The maximum Gasteiger partial charge on any atom is 0.109 e. The molecule has 0 spiro atoms. The first-order valence-corrected chi connectivity index (χ1v) is 7.86. The van der Waals surface area contributed by atoms with Crippen molar-refractivity contribution in [1.29, 1.82) is 0 Å². The molecule has 0 amide bonds. The van der Waals surface area contributed by atoms with Gasteiger partial charge in [0.15, 0.2) is 0 Å². The lowest BCUT2D eigenvalue weighted by molar-refractivity contribution is 0.151. The topological polar surface area (TPSA) is 42.1 Å². The first-order valence-electron chi connectivity index (χ1n) is 6.98. The molecule has 0 bridgehead atoms. The number of piperidine rings is 1. The molecule has 102 valence electrons. The number of nitrogens with two attached hydrogens (primary N) is 1. The highest BCUT2D eigenvalue weighted by Crippen LogP contribution is 2.25. The van der Waals surface area contributed by atoms with E-state index in [2.05, 4.69) is 29.1 Å². The second-order valence-electron chi connectivity index (χ2n) is 5.82. The minimum absolute atomic E-state index is 0.0652. The summed E-state index contributed by atoms with van der Waals surface area (Å²) in [4.78, 5) is 7.14. The monoisotopic (exact) mass is 267 g/mol. The first-order chi connectivity index (χ1) is 8.56. The second-order valence-corrected chi connectivity index (χ2v) is 6.71. The molecule has 1 saturated heterocycles. The Labute approximate surface area is 114 Å². The lowest BCUT2D eigenvalue weighted by atomic mass is 9.87. The number of hydrogen-bond donors (Lipinski definition) is 1. The molecule has 4 heteroatoms. The smallest absolute Gasteiger partial charge is 0.109 e. The fraction of sp³-hybridized carbons (Fsp3) is 0.786. The quantitative estimate of drug-likeness (QED) is 0.912. The van der Waals surface area contributed by atoms with Crippen molar-refractivity contribution in [3.63, 3.8) is 0 Å². The molecule has 1 unspecified atom stereocenters. The van der Waals surface area contributed by atoms with Gasteiger partial charge in [0.2, 0.25) is 0 Å². The van der Waals surface area contributed by atoms with E-state index in [4.69, 9.17) is 5.73 Å². The minimum Gasteiger partial charge on any atom is -0.322 e. The van der Waals surface area contributed by atoms with Crippen molar-refractivity contribution in [3.05, 3.63) is 16.1 Å². The Morgan fingerprint density at radius 3 is 2.56 bits per heavy atom. The summed E-state index contributed by atoms with van der Waals surface area (Å²) in [5.41, 5.74) is 7.04. The van der Waals surface area contributed by atoms with Crippen LogP contribution in [-0.2, 0) is 6.54 Å². The lowest BCUT2D eigenvalue weighted by Crippen LogP contribution is -2.34. The molecular weight excluding hydrogens is 242 g/mol. The van der Waals surface area contributed by atoms with Crippen molar-refractivity contribution in [2.45, 2.75) is 46.2 Å². The van der Waals surface area contributed by atoms with Gasteiger partial charge in [-0.15, -0.1) is 11.3 Å². The Kier molecular flexibility index (Phi) is 4.76. The molecule has 1 aliphatic heterocycles. The van der Waals surface area contributed by atoms with Crippen LogP contribution in [0.25, 0.3) is 0 Å². The van der Waals surface area contributed by atoms with Gasteiger partial charge < -0.3 is 5.73 Å². The van der Waals surface area contributed by atoms with Gasteiger partial charge in [0.25, 0.3) is 0 Å². The average molecular weight is 267 g/mol. The van der Waals surface area contributed by atoms with E-state index >= 15 is 0 Å². The van der Waals surface area contributed by atoms with E-state index < -0.39 is 0 Å². The fourth-order valence-corrected chi connectivity index (χ4v) is 3.38. The predicted octanol–water partition coefficient (Wildman–Crippen LogP) is 3.03. The van der Waals surface area contributed by atoms with Crippen molar-refractivity contribution < 1.29 is 0 Å². The van der Waals surface area contributed by atoms with Gasteiger partial charge in [-0.1, -0.05) is 13.8 Å². The summed E-state index contributed by atoms with van der Waals surface area (Å²) in [7, 11) is 0. The van der Waals surface area contributed by atoms with Crippen molar-refractivity contribution >= 4 is 11.3 Å². The molecule has 0 saturated carbocycles. The van der Waals surface area contributed by atoms with E-state index in [1.807, 2.05) is 6.92 Å². The molecular formula is C14H25N3S. The zero-order valence-corrected chi connectivity index (χ0v) is 12.5. The molecule has 1 aromatic heterocycles. The third kappa shape index (κ3) is 3.53. The van der Waals surface area contributed by atoms with Crippen LogP contribution in [0.3, 0.4) is 0 Å². The van der Waals surface area contributed by atoms with Gasteiger partial charge in [-0.05, 0) is 44.7 Å². The molecule has 2 heterocycles. The van der Waals surface area contributed by atoms with E-state index in [-0.39, 0.29) is 6.04 Å². The van der Waals surface area contributed by atoms with Gasteiger partial charge in [-0.3, -0.25) is 4.90 Å². The first kappa shape index (κ1) is 14.0. The highest BCUT2D eigenvalue weighted by molar-refractivity contribution is 7.09. The number of nitrogens with zero attached hydrogens (tertiary/aromatic N) is 2. The van der Waals surface area contributed by atoms with Gasteiger partial charge in [-0.2, -0.15) is 0 Å². The summed E-state index contributed by atoms with van der Waals surface area (Å²) in [5.74, 6) is 1.74. The third-order valence-corrected chi connectivity index (χ3v) is 5.01. The summed E-state index contributed by atoms with van der Waals surface area (Å²) >= 11 is 1.69. The highest BCUT2D eigenvalue weighted by Gasteiger charge is 2.22. The summed E-state index contributed by atoms with van der Waals surface area (Å²) in [5, 5.41) is 3.22. The second kappa shape index (κ2) is 6.13. The number of aromatic nitrogens is 1. The van der Waals surface area contributed by atoms with Gasteiger partial charge >= 0.3 is 0 Å². The minimum atomic E-state index is 0.0652. The third-order valence-electron chi connectivity index (χ3n) is 3.92. The molecule has 1 aliphatic rings. The molecule has 2 rings (SSSR count). The van der Waals surface area contributed by atoms with Crippen LogP contribution in [0, 0.1) is 11.8 Å². The van der Waals surface area contributed by atoms with E-state index in [1.54, 1.807) is 11.3 Å². The molecule has 3 nitrogen and oxygen atoms in total. The Morgan fingerprint density at radius 2 is 2.06 bits per heavy atom. The molecule has 1 aromatic rings. The zero-order valence-electron chi connectivity index (χ0n) is 11.7. The van der Waals surface area contributed by atoms with Crippen molar-refractivity contribution in [2.24, 2.45) is 17.6 Å². The summed E-state index contributed by atoms with van der Waals surface area (Å²) < 4.78 is 0. The van der Waals surface area contributed by atoms with E-state index in [0.717, 1.165) is 23.4 Å². The van der Waals surface area contributed by atoms with Crippen molar-refractivity contribution in [1.82, 2.24) is 9.88 Å². The van der Waals surface area contributed by atoms with Crippen LogP contribution in [0.4, 0.5) is 0 Å². The molecule has 1 atom stereocenters. The molecule has 0 aliphatic carbocycles. The van der Waals surface area contributed by atoms with Crippen LogP contribution in [-0.4, -0.2) is 23.0 Å². The van der Waals surface area contributed by atoms with Crippen LogP contribution in [0.2, 0.25) is 0 Å². The van der Waals surface area contributed by atoms with E-state index in [0.29, 0.717) is 0 Å².